The maximum absolute atomic E-state index is 9.55. The summed E-state index contributed by atoms with van der Waals surface area (Å²) in [6.45, 7) is 11.4. The lowest BCUT2D eigenvalue weighted by Crippen LogP contribution is -2.28. The number of methoxy groups -OCH3 is 1. The maximum atomic E-state index is 9.55. The van der Waals surface area contributed by atoms with E-state index in [0.29, 0.717) is 31.2 Å². The summed E-state index contributed by atoms with van der Waals surface area (Å²) < 4.78 is 11.0. The third-order valence-electron chi connectivity index (χ3n) is 3.18. The Morgan fingerprint density at radius 3 is 2.45 bits per heavy atom. The summed E-state index contributed by atoms with van der Waals surface area (Å²) in [6.07, 6.45) is 4.49. The Kier molecular flexibility index (Phi) is 7.80. The molecule has 0 fully saturated rings. The molecule has 0 aromatic heterocycles. The molecule has 0 aliphatic rings. The van der Waals surface area contributed by atoms with Crippen LogP contribution in [0.2, 0.25) is 0 Å². The molecule has 1 aromatic rings. The molecule has 0 heterocycles. The van der Waals surface area contributed by atoms with Crippen LogP contribution < -0.4 is 9.47 Å². The molecule has 0 aliphatic heterocycles. The van der Waals surface area contributed by atoms with Crippen molar-refractivity contribution in [2.45, 2.75) is 19.4 Å². The quantitative estimate of drug-likeness (QED) is 0.618. The molecule has 1 atom stereocenters. The van der Waals surface area contributed by atoms with Gasteiger partial charge in [0.25, 0.3) is 0 Å². The lowest BCUT2D eigenvalue weighted by atomic mass is 10.1. The fourth-order valence-electron chi connectivity index (χ4n) is 2.17. The lowest BCUT2D eigenvalue weighted by molar-refractivity contribution is 0.284. The van der Waals surface area contributed by atoms with E-state index in [1.165, 1.54) is 0 Å². The molecule has 0 radical (unpaired) electrons. The summed E-state index contributed by atoms with van der Waals surface area (Å²) in [4.78, 5) is 1.99. The second-order valence-electron chi connectivity index (χ2n) is 4.82. The van der Waals surface area contributed by atoms with Gasteiger partial charge in [-0.15, -0.1) is 13.2 Å². The minimum atomic E-state index is -0.384. The van der Waals surface area contributed by atoms with Crippen LogP contribution in [0.15, 0.2) is 43.5 Å². The molecule has 0 N–H and O–H groups in total. The molecule has 1 unspecified atom stereocenters. The first-order valence-corrected chi connectivity index (χ1v) is 7.37. The van der Waals surface area contributed by atoms with E-state index in [9.17, 15) is 5.26 Å². The first-order valence-electron chi connectivity index (χ1n) is 7.37. The van der Waals surface area contributed by atoms with Crippen molar-refractivity contribution in [3.05, 3.63) is 49.1 Å². The Morgan fingerprint density at radius 1 is 1.27 bits per heavy atom. The number of hydrogen-bond acceptors (Lipinski definition) is 4. The highest BCUT2D eigenvalue weighted by Gasteiger charge is 2.19. The molecule has 0 spiro atoms. The van der Waals surface area contributed by atoms with Crippen molar-refractivity contribution in [1.82, 2.24) is 4.90 Å². The Labute approximate surface area is 133 Å². The maximum Gasteiger partial charge on any atom is 0.161 e. The van der Waals surface area contributed by atoms with Gasteiger partial charge in [-0.05, 0) is 24.1 Å². The van der Waals surface area contributed by atoms with Gasteiger partial charge >= 0.3 is 0 Å². The molecule has 0 amide bonds. The minimum absolute atomic E-state index is 0.384. The van der Waals surface area contributed by atoms with Gasteiger partial charge in [-0.25, -0.2) is 0 Å². The minimum Gasteiger partial charge on any atom is -0.493 e. The third kappa shape index (κ3) is 4.64. The summed E-state index contributed by atoms with van der Waals surface area (Å²) in [7, 11) is 1.60. The van der Waals surface area contributed by atoms with Crippen LogP contribution in [0.25, 0.3) is 0 Å². The summed E-state index contributed by atoms with van der Waals surface area (Å²) in [5.74, 6) is 1.34. The standard InChI is InChI=1S/C18H24N2O2/c1-5-10-20(11-6-2)16(14-19)15-8-9-17(22-12-7-3)18(13-15)21-4/h5-6,8-9,13,16H,1-2,7,10-12H2,3-4H3. The van der Waals surface area contributed by atoms with Crippen LogP contribution in [0, 0.1) is 11.3 Å². The van der Waals surface area contributed by atoms with E-state index in [-0.39, 0.29) is 6.04 Å². The van der Waals surface area contributed by atoms with E-state index >= 15 is 0 Å². The van der Waals surface area contributed by atoms with Crippen LogP contribution in [0.4, 0.5) is 0 Å². The smallest absolute Gasteiger partial charge is 0.161 e. The van der Waals surface area contributed by atoms with Crippen molar-refractivity contribution in [3.63, 3.8) is 0 Å². The van der Waals surface area contributed by atoms with Crippen molar-refractivity contribution >= 4 is 0 Å². The van der Waals surface area contributed by atoms with Crippen molar-refractivity contribution < 1.29 is 9.47 Å². The summed E-state index contributed by atoms with van der Waals surface area (Å²) >= 11 is 0. The van der Waals surface area contributed by atoms with Crippen LogP contribution in [-0.4, -0.2) is 31.7 Å². The molecule has 1 aromatic carbocycles. The van der Waals surface area contributed by atoms with E-state index in [2.05, 4.69) is 26.2 Å². The Bertz CT molecular complexity index is 524. The van der Waals surface area contributed by atoms with E-state index in [1.54, 1.807) is 19.3 Å². The van der Waals surface area contributed by atoms with Gasteiger partial charge in [-0.1, -0.05) is 25.1 Å². The zero-order valence-corrected chi connectivity index (χ0v) is 13.4. The predicted octanol–water partition coefficient (Wildman–Crippen LogP) is 3.72. The predicted molar refractivity (Wildman–Crippen MR) is 89.1 cm³/mol. The van der Waals surface area contributed by atoms with Crippen LogP contribution in [0.1, 0.15) is 24.9 Å². The highest BCUT2D eigenvalue weighted by molar-refractivity contribution is 5.45. The van der Waals surface area contributed by atoms with Gasteiger partial charge in [0.2, 0.25) is 0 Å². The number of hydrogen-bond donors (Lipinski definition) is 0. The highest BCUT2D eigenvalue weighted by Crippen LogP contribution is 2.32. The fourth-order valence-corrected chi connectivity index (χ4v) is 2.17. The van der Waals surface area contributed by atoms with Crippen LogP contribution >= 0.6 is 0 Å². The Morgan fingerprint density at radius 2 is 1.95 bits per heavy atom. The molecule has 4 heteroatoms. The van der Waals surface area contributed by atoms with Crippen molar-refractivity contribution in [1.29, 1.82) is 5.26 Å². The first kappa shape index (κ1) is 17.8. The van der Waals surface area contributed by atoms with E-state index in [4.69, 9.17) is 9.47 Å². The van der Waals surface area contributed by atoms with Gasteiger partial charge < -0.3 is 9.47 Å². The van der Waals surface area contributed by atoms with E-state index < -0.39 is 0 Å². The summed E-state index contributed by atoms with van der Waals surface area (Å²) in [6, 6.07) is 7.57. The van der Waals surface area contributed by atoms with Crippen molar-refractivity contribution in [2.75, 3.05) is 26.8 Å². The van der Waals surface area contributed by atoms with Gasteiger partial charge in [-0.2, -0.15) is 5.26 Å². The van der Waals surface area contributed by atoms with Gasteiger partial charge in [0.1, 0.15) is 6.04 Å². The number of benzene rings is 1. The molecule has 118 valence electrons. The SMILES string of the molecule is C=CCN(CC=C)C(C#N)c1ccc(OCCC)c(OC)c1. The van der Waals surface area contributed by atoms with Gasteiger partial charge in [-0.3, -0.25) is 4.90 Å². The molecule has 0 aliphatic carbocycles. The molecule has 1 rings (SSSR count). The topological polar surface area (TPSA) is 45.5 Å². The average molecular weight is 300 g/mol. The van der Waals surface area contributed by atoms with Gasteiger partial charge in [0.15, 0.2) is 11.5 Å². The normalized spacial score (nSPS) is 11.5. The van der Waals surface area contributed by atoms with Gasteiger partial charge in [0, 0.05) is 13.1 Å². The molecule has 4 nitrogen and oxygen atoms in total. The number of nitrogens with zero attached hydrogens (tertiary/aromatic N) is 2. The third-order valence-corrected chi connectivity index (χ3v) is 3.18. The fraction of sp³-hybridized carbons (Fsp3) is 0.389. The number of nitriles is 1. The van der Waals surface area contributed by atoms with Crippen LogP contribution in [0.3, 0.4) is 0 Å². The second-order valence-corrected chi connectivity index (χ2v) is 4.82. The van der Waals surface area contributed by atoms with Crippen LogP contribution in [-0.2, 0) is 0 Å². The Balaban J connectivity index is 3.08. The van der Waals surface area contributed by atoms with Crippen molar-refractivity contribution in [3.8, 4) is 17.6 Å². The molecule has 0 saturated carbocycles. The Hall–Kier alpha value is -2.25. The molecule has 0 bridgehead atoms. The van der Waals surface area contributed by atoms with Crippen LogP contribution in [0.5, 0.6) is 11.5 Å². The molecule has 0 saturated heterocycles. The zero-order valence-electron chi connectivity index (χ0n) is 13.4. The molecule has 22 heavy (non-hydrogen) atoms. The zero-order chi connectivity index (χ0) is 16.4. The monoisotopic (exact) mass is 300 g/mol. The molecular formula is C18H24N2O2. The van der Waals surface area contributed by atoms with Crippen molar-refractivity contribution in [2.24, 2.45) is 0 Å². The lowest BCUT2D eigenvalue weighted by Gasteiger charge is -2.25. The largest absolute Gasteiger partial charge is 0.493 e. The highest BCUT2D eigenvalue weighted by atomic mass is 16.5. The molecular weight excluding hydrogens is 276 g/mol. The summed E-state index contributed by atoms with van der Waals surface area (Å²) in [5, 5.41) is 9.55. The summed E-state index contributed by atoms with van der Waals surface area (Å²) in [5.41, 5.74) is 0.867. The average Bonchev–Trinajstić information content (AvgIpc) is 2.54. The number of ether oxygens (including phenoxy) is 2. The second kappa shape index (κ2) is 9.64. The van der Waals surface area contributed by atoms with Gasteiger partial charge in [0.05, 0.1) is 19.8 Å². The van der Waals surface area contributed by atoms with E-state index in [0.717, 1.165) is 12.0 Å². The number of rotatable bonds is 10. The van der Waals surface area contributed by atoms with E-state index in [1.807, 2.05) is 23.1 Å². The first-order chi connectivity index (χ1) is 10.7.